The van der Waals surface area contributed by atoms with Gasteiger partial charge in [-0.25, -0.2) is 13.2 Å². The maximum absolute atomic E-state index is 13.3. The zero-order valence-corrected chi connectivity index (χ0v) is 26.9. The fourth-order valence-electron chi connectivity index (χ4n) is 6.76. The molecule has 1 unspecified atom stereocenters. The third kappa shape index (κ3) is 8.64. The van der Waals surface area contributed by atoms with Gasteiger partial charge in [-0.3, -0.25) is 19.4 Å². The molecule has 0 radical (unpaired) electrons. The number of carboxylic acid groups (broad SMARTS) is 1. The first-order valence-corrected chi connectivity index (χ1v) is 17.2. The summed E-state index contributed by atoms with van der Waals surface area (Å²) in [6.45, 7) is 7.17. The van der Waals surface area contributed by atoms with Gasteiger partial charge in [-0.2, -0.15) is 17.5 Å². The number of β-amino-alcohol motifs (C(OH)–C–C–N with tert-alkyl or cyclic N) is 1. The van der Waals surface area contributed by atoms with Gasteiger partial charge in [0.05, 0.1) is 17.9 Å². The van der Waals surface area contributed by atoms with Gasteiger partial charge < -0.3 is 20.1 Å². The molecule has 5 rings (SSSR count). The molecule has 3 saturated heterocycles. The smallest absolute Gasteiger partial charge is 0.475 e. The Morgan fingerprint density at radius 1 is 1.02 bits per heavy atom. The summed E-state index contributed by atoms with van der Waals surface area (Å²) in [5.41, 5.74) is 0.752. The van der Waals surface area contributed by atoms with Crippen LogP contribution in [0.2, 0.25) is 0 Å². The molecule has 4 heterocycles. The predicted molar refractivity (Wildman–Crippen MR) is 165 cm³/mol. The average Bonchev–Trinajstić information content (AvgIpc) is 3.18. The first-order valence-electron chi connectivity index (χ1n) is 15.3. The number of aromatic nitrogens is 1. The number of aliphatic hydroxyl groups is 1. The van der Waals surface area contributed by atoms with E-state index in [0.29, 0.717) is 39.3 Å². The van der Waals surface area contributed by atoms with Crippen molar-refractivity contribution in [3.8, 4) is 0 Å². The Morgan fingerprint density at radius 2 is 1.59 bits per heavy atom. The number of para-hydroxylation sites is 1. The van der Waals surface area contributed by atoms with Gasteiger partial charge in [0, 0.05) is 63.4 Å². The van der Waals surface area contributed by atoms with E-state index in [0.717, 1.165) is 36.6 Å². The standard InChI is InChI=1S/C28H41N5O5S.C2HF3O2/c1-19(2)33-26-7-5-4-6-20(26)14-25(28(33)36)27(35)29-21-15-22-8-9-23(16-21)32(22)18-24(34)17-30-10-12-31(13-11-30)39(3,37)38;3-2(4,5)1(6)7/h4-7,14,19,21-24,34H,8-13,15-18H2,1-3H3,(H,29,35);(H,6,7)/t21?,22-,23+,24-;/m1./s1. The highest BCUT2D eigenvalue weighted by atomic mass is 32.2. The number of alkyl halides is 3. The lowest BCUT2D eigenvalue weighted by Crippen LogP contribution is -2.55. The second-order valence-corrected chi connectivity index (χ2v) is 14.5. The van der Waals surface area contributed by atoms with Crippen molar-refractivity contribution in [2.45, 2.75) is 76.0 Å². The van der Waals surface area contributed by atoms with E-state index in [1.54, 1.807) is 10.6 Å². The quantitative estimate of drug-likeness (QED) is 0.382. The van der Waals surface area contributed by atoms with Crippen LogP contribution in [0.25, 0.3) is 10.9 Å². The fourth-order valence-corrected chi connectivity index (χ4v) is 7.58. The molecule has 46 heavy (non-hydrogen) atoms. The molecule has 0 spiro atoms. The van der Waals surface area contributed by atoms with Crippen molar-refractivity contribution in [1.82, 2.24) is 24.0 Å². The van der Waals surface area contributed by atoms with Crippen LogP contribution >= 0.6 is 0 Å². The molecule has 3 fully saturated rings. The number of pyridine rings is 1. The number of aliphatic hydroxyl groups excluding tert-OH is 1. The van der Waals surface area contributed by atoms with E-state index in [1.165, 1.54) is 10.6 Å². The molecule has 3 N–H and O–H groups in total. The van der Waals surface area contributed by atoms with Crippen molar-refractivity contribution in [3.05, 3.63) is 46.2 Å². The van der Waals surface area contributed by atoms with E-state index in [1.807, 2.05) is 38.1 Å². The van der Waals surface area contributed by atoms with Crippen molar-refractivity contribution in [2.75, 3.05) is 45.5 Å². The number of carbonyl (C=O) groups is 2. The van der Waals surface area contributed by atoms with Gasteiger partial charge >= 0.3 is 12.1 Å². The summed E-state index contributed by atoms with van der Waals surface area (Å²) in [5, 5.41) is 22.0. The Kier molecular flexibility index (Phi) is 11.2. The number of halogens is 3. The summed E-state index contributed by atoms with van der Waals surface area (Å²) in [6.07, 6.45) is -0.694. The number of piperazine rings is 1. The van der Waals surface area contributed by atoms with Crippen LogP contribution in [0.5, 0.6) is 0 Å². The second kappa shape index (κ2) is 14.4. The average molecular weight is 674 g/mol. The maximum atomic E-state index is 13.3. The number of hydrogen-bond acceptors (Lipinski definition) is 8. The lowest BCUT2D eigenvalue weighted by atomic mass is 9.96. The molecule has 1 aromatic carbocycles. The number of nitrogens with one attached hydrogen (secondary N) is 1. The fraction of sp³-hybridized carbons (Fsp3) is 0.633. The summed E-state index contributed by atoms with van der Waals surface area (Å²) in [6, 6.07) is 9.87. The summed E-state index contributed by atoms with van der Waals surface area (Å²) in [5.74, 6) is -3.07. The van der Waals surface area contributed by atoms with Crippen LogP contribution in [-0.2, 0) is 14.8 Å². The van der Waals surface area contributed by atoms with Crippen LogP contribution < -0.4 is 10.9 Å². The van der Waals surface area contributed by atoms with Crippen molar-refractivity contribution in [2.24, 2.45) is 0 Å². The molecule has 2 aromatic rings. The van der Waals surface area contributed by atoms with Crippen molar-refractivity contribution in [1.29, 1.82) is 0 Å². The van der Waals surface area contributed by atoms with Crippen LogP contribution in [0, 0.1) is 0 Å². The van der Waals surface area contributed by atoms with E-state index >= 15 is 0 Å². The SMILES string of the molecule is CC(C)n1c(=O)c(C(=O)NC2C[C@H]3CC[C@@H](C2)N3C[C@H](O)CN2CCN(S(C)(=O)=O)CC2)cc2ccccc21.O=C(O)C(F)(F)F. The molecule has 12 nitrogen and oxygen atoms in total. The molecular weight excluding hydrogens is 631 g/mol. The van der Waals surface area contributed by atoms with Gasteiger partial charge in [0.2, 0.25) is 10.0 Å². The molecule has 0 aliphatic carbocycles. The number of aliphatic carboxylic acids is 1. The third-order valence-electron chi connectivity index (χ3n) is 8.86. The molecular formula is C30H42F3N5O7S. The Bertz CT molecular complexity index is 1560. The van der Waals surface area contributed by atoms with Crippen molar-refractivity contribution >= 4 is 32.8 Å². The number of piperidine rings is 1. The summed E-state index contributed by atoms with van der Waals surface area (Å²) in [7, 11) is -3.17. The van der Waals surface area contributed by atoms with Crippen LogP contribution in [0.4, 0.5) is 13.2 Å². The number of carboxylic acids is 1. The topological polar surface area (TPSA) is 152 Å². The van der Waals surface area contributed by atoms with Gasteiger partial charge in [0.1, 0.15) is 5.56 Å². The van der Waals surface area contributed by atoms with Crippen LogP contribution in [0.15, 0.2) is 35.1 Å². The third-order valence-corrected chi connectivity index (χ3v) is 10.2. The van der Waals surface area contributed by atoms with Crippen LogP contribution in [0.3, 0.4) is 0 Å². The van der Waals surface area contributed by atoms with Gasteiger partial charge in [0.15, 0.2) is 0 Å². The Balaban J connectivity index is 0.000000617. The minimum atomic E-state index is -5.08. The van der Waals surface area contributed by atoms with Gasteiger partial charge in [-0.1, -0.05) is 18.2 Å². The van der Waals surface area contributed by atoms with E-state index in [9.17, 15) is 36.3 Å². The highest BCUT2D eigenvalue weighted by molar-refractivity contribution is 7.88. The van der Waals surface area contributed by atoms with E-state index in [2.05, 4.69) is 15.1 Å². The van der Waals surface area contributed by atoms with Crippen molar-refractivity contribution in [3.63, 3.8) is 0 Å². The number of benzene rings is 1. The molecule has 2 bridgehead atoms. The van der Waals surface area contributed by atoms with E-state index in [-0.39, 0.29) is 41.2 Å². The maximum Gasteiger partial charge on any atom is 0.490 e. The lowest BCUT2D eigenvalue weighted by Gasteiger charge is -2.41. The number of rotatable bonds is 8. The Morgan fingerprint density at radius 3 is 2.11 bits per heavy atom. The highest BCUT2D eigenvalue weighted by Crippen LogP contribution is 2.36. The number of carbonyl (C=O) groups excluding carboxylic acids is 1. The predicted octanol–water partition coefficient (Wildman–Crippen LogP) is 1.88. The van der Waals surface area contributed by atoms with E-state index in [4.69, 9.17) is 9.90 Å². The van der Waals surface area contributed by atoms with Gasteiger partial charge in [-0.15, -0.1) is 0 Å². The van der Waals surface area contributed by atoms with E-state index < -0.39 is 28.3 Å². The van der Waals surface area contributed by atoms with Crippen LogP contribution in [0.1, 0.15) is 55.9 Å². The Labute approximate surface area is 265 Å². The first kappa shape index (κ1) is 35.8. The molecule has 1 amide bonds. The molecule has 1 aromatic heterocycles. The molecule has 4 atom stereocenters. The highest BCUT2D eigenvalue weighted by Gasteiger charge is 2.42. The number of hydrogen-bond donors (Lipinski definition) is 3. The monoisotopic (exact) mass is 673 g/mol. The zero-order chi connectivity index (χ0) is 34.0. The molecule has 0 saturated carbocycles. The molecule has 256 valence electrons. The summed E-state index contributed by atoms with van der Waals surface area (Å²) in [4.78, 5) is 40.0. The summed E-state index contributed by atoms with van der Waals surface area (Å²) >= 11 is 0. The molecule has 3 aliphatic heterocycles. The number of nitrogens with zero attached hydrogens (tertiary/aromatic N) is 4. The largest absolute Gasteiger partial charge is 0.490 e. The Hall–Kier alpha value is -3.05. The zero-order valence-electron chi connectivity index (χ0n) is 26.1. The van der Waals surface area contributed by atoms with Crippen LogP contribution in [-0.4, -0.2) is 125 Å². The molecule has 16 heteroatoms. The second-order valence-electron chi connectivity index (χ2n) is 12.5. The minimum absolute atomic E-state index is 0.00849. The van der Waals surface area contributed by atoms with Gasteiger partial charge in [-0.05, 0) is 57.0 Å². The van der Waals surface area contributed by atoms with Crippen molar-refractivity contribution < 1.29 is 41.4 Å². The minimum Gasteiger partial charge on any atom is -0.475 e. The number of fused-ring (bicyclic) bond motifs is 3. The first-order chi connectivity index (χ1) is 21.5. The number of sulfonamides is 1. The summed E-state index contributed by atoms with van der Waals surface area (Å²) < 4.78 is 58.4. The van der Waals surface area contributed by atoms with Gasteiger partial charge in [0.25, 0.3) is 11.5 Å². The lowest BCUT2D eigenvalue weighted by molar-refractivity contribution is -0.192. The number of amides is 1. The molecule has 3 aliphatic rings. The normalized spacial score (nSPS) is 23.6.